The number of anilines is 2. The van der Waals surface area contributed by atoms with Crippen LogP contribution in [0.4, 0.5) is 24.5 Å². The monoisotopic (exact) mass is 619 g/mol. The summed E-state index contributed by atoms with van der Waals surface area (Å²) in [6.45, 7) is 4.55. The molecule has 0 aromatic heterocycles. The van der Waals surface area contributed by atoms with Gasteiger partial charge in [-0.15, -0.1) is 11.6 Å². The Balaban J connectivity index is 1.45. The molecule has 0 amide bonds. The smallest absolute Gasteiger partial charge is 0.416 e. The van der Waals surface area contributed by atoms with Crippen molar-refractivity contribution < 1.29 is 46.4 Å². The van der Waals surface area contributed by atoms with Crippen LogP contribution >= 0.6 is 11.6 Å². The first-order valence-electron chi connectivity index (χ1n) is 14.1. The molecule has 0 radical (unpaired) electrons. The van der Waals surface area contributed by atoms with Gasteiger partial charge in [0, 0.05) is 18.2 Å². The summed E-state index contributed by atoms with van der Waals surface area (Å²) >= 11 is 5.64. The third-order valence-corrected chi connectivity index (χ3v) is 6.00. The van der Waals surface area contributed by atoms with Gasteiger partial charge in [-0.2, -0.15) is 13.2 Å². The average Bonchev–Trinajstić information content (AvgIpc) is 2.98. The fraction of sp³-hybridized carbons (Fsp3) is 0.567. The van der Waals surface area contributed by atoms with Crippen molar-refractivity contribution in [3.63, 3.8) is 0 Å². The molecule has 0 aliphatic carbocycles. The SMILES string of the molecule is O=C(OCCOCCOCCOCCOCCOCCCCCCCl)c1ccccc1Nc1cccc(C(F)(F)F)c1. The molecule has 42 heavy (non-hydrogen) atoms. The summed E-state index contributed by atoms with van der Waals surface area (Å²) in [5.74, 6) is 0.101. The van der Waals surface area contributed by atoms with Crippen LogP contribution in [-0.2, 0) is 34.6 Å². The van der Waals surface area contributed by atoms with E-state index in [2.05, 4.69) is 5.32 Å². The first-order chi connectivity index (χ1) is 20.4. The highest BCUT2D eigenvalue weighted by Crippen LogP contribution is 2.32. The van der Waals surface area contributed by atoms with E-state index in [1.54, 1.807) is 18.2 Å². The number of nitrogens with one attached hydrogen (secondary N) is 1. The van der Waals surface area contributed by atoms with E-state index in [1.165, 1.54) is 18.2 Å². The molecule has 0 bridgehead atoms. The molecule has 0 heterocycles. The maximum atomic E-state index is 13.0. The number of halogens is 4. The Labute approximate surface area is 250 Å². The van der Waals surface area contributed by atoms with E-state index in [-0.39, 0.29) is 24.5 Å². The number of hydrogen-bond acceptors (Lipinski definition) is 8. The lowest BCUT2D eigenvalue weighted by molar-refractivity contribution is -0.137. The predicted molar refractivity (Wildman–Crippen MR) is 155 cm³/mol. The molecule has 1 N–H and O–H groups in total. The summed E-state index contributed by atoms with van der Waals surface area (Å²) in [7, 11) is 0. The summed E-state index contributed by atoms with van der Waals surface area (Å²) in [6, 6.07) is 11.2. The molecule has 2 aromatic carbocycles. The van der Waals surface area contributed by atoms with Crippen LogP contribution in [0, 0.1) is 0 Å². The van der Waals surface area contributed by atoms with E-state index in [0.717, 1.165) is 50.3 Å². The zero-order valence-electron chi connectivity index (χ0n) is 23.8. The zero-order chi connectivity index (χ0) is 30.3. The molecule has 0 unspecified atom stereocenters. The number of hydrogen-bond donors (Lipinski definition) is 1. The Morgan fingerprint density at radius 2 is 1.21 bits per heavy atom. The van der Waals surface area contributed by atoms with Gasteiger partial charge in [-0.3, -0.25) is 0 Å². The standard InChI is InChI=1S/C30H41ClF3NO7/c31-12-5-1-2-6-13-37-14-15-38-16-17-39-18-19-40-20-21-41-22-23-42-29(36)27-10-3-4-11-28(27)35-26-9-7-8-25(24-26)30(32,33)34/h3-4,7-11,24,35H,1-2,5-6,12-23H2. The molecular weight excluding hydrogens is 579 g/mol. The largest absolute Gasteiger partial charge is 0.460 e. The van der Waals surface area contributed by atoms with Crippen LogP contribution in [0.25, 0.3) is 0 Å². The van der Waals surface area contributed by atoms with Gasteiger partial charge in [0.15, 0.2) is 0 Å². The van der Waals surface area contributed by atoms with Gasteiger partial charge in [0.05, 0.1) is 76.3 Å². The minimum absolute atomic E-state index is 0.0133. The number of ether oxygens (including phenoxy) is 6. The highest BCUT2D eigenvalue weighted by molar-refractivity contribution is 6.17. The first kappa shape index (κ1) is 35.8. The molecule has 236 valence electrons. The Kier molecular flexibility index (Phi) is 18.9. The molecular formula is C30H41ClF3NO7. The molecule has 8 nitrogen and oxygen atoms in total. The number of rotatable bonds is 24. The quantitative estimate of drug-likeness (QED) is 0.0811. The maximum Gasteiger partial charge on any atom is 0.416 e. The van der Waals surface area contributed by atoms with Crippen molar-refractivity contribution in [2.45, 2.75) is 31.9 Å². The molecule has 0 spiro atoms. The number of benzene rings is 2. The van der Waals surface area contributed by atoms with Gasteiger partial charge in [-0.05, 0) is 43.2 Å². The number of carbonyl (C=O) groups excluding carboxylic acids is 1. The number of alkyl halides is 4. The molecule has 2 aromatic rings. The predicted octanol–water partition coefficient (Wildman–Crippen LogP) is 6.49. The molecule has 0 atom stereocenters. The zero-order valence-corrected chi connectivity index (χ0v) is 24.6. The number of para-hydroxylation sites is 1. The van der Waals surface area contributed by atoms with Crippen molar-refractivity contribution in [1.29, 1.82) is 0 Å². The lowest BCUT2D eigenvalue weighted by Gasteiger charge is -2.13. The topological polar surface area (TPSA) is 84.5 Å². The van der Waals surface area contributed by atoms with E-state index < -0.39 is 17.7 Å². The van der Waals surface area contributed by atoms with Crippen LogP contribution in [0.15, 0.2) is 48.5 Å². The Bertz CT molecular complexity index is 997. The Morgan fingerprint density at radius 3 is 1.81 bits per heavy atom. The van der Waals surface area contributed by atoms with E-state index in [4.69, 9.17) is 40.0 Å². The summed E-state index contributed by atoms with van der Waals surface area (Å²) < 4.78 is 71.5. The van der Waals surface area contributed by atoms with Crippen molar-refractivity contribution in [3.05, 3.63) is 59.7 Å². The van der Waals surface area contributed by atoms with Gasteiger partial charge in [0.25, 0.3) is 0 Å². The molecule has 2 rings (SSSR count). The van der Waals surface area contributed by atoms with E-state index in [1.807, 2.05) is 0 Å². The van der Waals surface area contributed by atoms with Crippen molar-refractivity contribution in [2.75, 3.05) is 83.9 Å². The maximum absolute atomic E-state index is 13.0. The minimum atomic E-state index is -4.47. The highest BCUT2D eigenvalue weighted by atomic mass is 35.5. The van der Waals surface area contributed by atoms with Crippen LogP contribution in [0.2, 0.25) is 0 Å². The number of esters is 1. The van der Waals surface area contributed by atoms with E-state index in [0.29, 0.717) is 58.5 Å². The third kappa shape index (κ3) is 16.3. The van der Waals surface area contributed by atoms with Crippen molar-refractivity contribution >= 4 is 28.9 Å². The molecule has 0 fully saturated rings. The molecule has 0 aliphatic heterocycles. The Morgan fingerprint density at radius 1 is 0.667 bits per heavy atom. The summed E-state index contributed by atoms with van der Waals surface area (Å²) in [6.07, 6.45) is -0.0872. The van der Waals surface area contributed by atoms with E-state index >= 15 is 0 Å². The molecule has 0 saturated carbocycles. The molecule has 0 aliphatic rings. The van der Waals surface area contributed by atoms with Gasteiger partial charge in [-0.1, -0.05) is 31.0 Å². The van der Waals surface area contributed by atoms with Crippen LogP contribution in [0.5, 0.6) is 0 Å². The average molecular weight is 620 g/mol. The van der Waals surface area contributed by atoms with Crippen LogP contribution in [-0.4, -0.2) is 84.5 Å². The van der Waals surface area contributed by atoms with E-state index in [9.17, 15) is 18.0 Å². The number of unbranched alkanes of at least 4 members (excludes halogenated alkanes) is 3. The summed E-state index contributed by atoms with van der Waals surface area (Å²) in [5, 5.41) is 2.86. The van der Waals surface area contributed by atoms with Gasteiger partial charge in [0.1, 0.15) is 6.61 Å². The number of carbonyl (C=O) groups is 1. The Hall–Kier alpha value is -2.41. The minimum Gasteiger partial charge on any atom is -0.460 e. The van der Waals surface area contributed by atoms with Gasteiger partial charge < -0.3 is 33.7 Å². The fourth-order valence-electron chi connectivity index (χ4n) is 3.60. The van der Waals surface area contributed by atoms with Gasteiger partial charge in [0.2, 0.25) is 0 Å². The molecule has 12 heteroatoms. The van der Waals surface area contributed by atoms with Crippen molar-refractivity contribution in [2.24, 2.45) is 0 Å². The summed E-state index contributed by atoms with van der Waals surface area (Å²) in [4.78, 5) is 12.5. The van der Waals surface area contributed by atoms with Crippen molar-refractivity contribution in [3.8, 4) is 0 Å². The van der Waals surface area contributed by atoms with Crippen LogP contribution in [0.3, 0.4) is 0 Å². The second-order valence-electron chi connectivity index (χ2n) is 9.05. The first-order valence-corrected chi connectivity index (χ1v) is 14.6. The van der Waals surface area contributed by atoms with Crippen molar-refractivity contribution in [1.82, 2.24) is 0 Å². The highest BCUT2D eigenvalue weighted by Gasteiger charge is 2.30. The second-order valence-corrected chi connectivity index (χ2v) is 9.43. The van der Waals surface area contributed by atoms with Gasteiger partial charge in [-0.25, -0.2) is 4.79 Å². The fourth-order valence-corrected chi connectivity index (χ4v) is 3.79. The normalized spacial score (nSPS) is 11.5. The second kappa shape index (κ2) is 22.2. The molecule has 0 saturated heterocycles. The van der Waals surface area contributed by atoms with Crippen LogP contribution < -0.4 is 5.32 Å². The van der Waals surface area contributed by atoms with Gasteiger partial charge >= 0.3 is 12.1 Å². The lowest BCUT2D eigenvalue weighted by atomic mass is 10.1. The van der Waals surface area contributed by atoms with Crippen LogP contribution in [0.1, 0.15) is 41.6 Å². The third-order valence-electron chi connectivity index (χ3n) is 5.74. The lowest BCUT2D eigenvalue weighted by Crippen LogP contribution is -2.15. The summed E-state index contributed by atoms with van der Waals surface area (Å²) in [5.41, 5.74) is -0.0576.